The number of alkyl halides is 3. The zero-order valence-corrected chi connectivity index (χ0v) is 19.7. The van der Waals surface area contributed by atoms with E-state index in [1.165, 1.54) is 37.4 Å². The molecule has 36 heavy (non-hydrogen) atoms. The topological polar surface area (TPSA) is 116 Å². The Labute approximate surface area is 210 Å². The summed E-state index contributed by atoms with van der Waals surface area (Å²) in [6.45, 7) is 0. The van der Waals surface area contributed by atoms with Crippen molar-refractivity contribution in [3.63, 3.8) is 0 Å². The molecule has 2 aromatic carbocycles. The number of aromatic nitrogens is 2. The number of hydrogen-bond donors (Lipinski definition) is 3. The smallest absolute Gasteiger partial charge is 0.427 e. The van der Waals surface area contributed by atoms with E-state index in [0.29, 0.717) is 5.52 Å². The minimum atomic E-state index is -4.50. The van der Waals surface area contributed by atoms with Crippen molar-refractivity contribution in [1.82, 2.24) is 20.3 Å². The molecular weight excluding hydrogens is 530 g/mol. The molecule has 15 heteroatoms. The van der Waals surface area contributed by atoms with Gasteiger partial charge in [-0.05, 0) is 37.1 Å². The number of carbonyl (C=O) groups is 2. The summed E-state index contributed by atoms with van der Waals surface area (Å²) in [6.07, 6.45) is -6.62. The maximum Gasteiger partial charge on any atom is 0.427 e. The molecule has 1 saturated heterocycles. The first-order valence-corrected chi connectivity index (χ1v) is 11.1. The maximum atomic E-state index is 13.9. The quantitative estimate of drug-likeness (QED) is 0.411. The highest BCUT2D eigenvalue weighted by atomic mass is 35.5. The lowest BCUT2D eigenvalue weighted by atomic mass is 10.2. The van der Waals surface area contributed by atoms with Crippen molar-refractivity contribution >= 4 is 51.9 Å². The fraction of sp³-hybridized carbons (Fsp3) is 0.286. The van der Waals surface area contributed by atoms with Gasteiger partial charge in [-0.2, -0.15) is 18.2 Å². The third-order valence-corrected chi connectivity index (χ3v) is 6.30. The minimum absolute atomic E-state index is 0.0117. The predicted molar refractivity (Wildman–Crippen MR) is 121 cm³/mol. The second-order valence-corrected chi connectivity index (χ2v) is 8.87. The van der Waals surface area contributed by atoms with Crippen LogP contribution in [0.3, 0.4) is 0 Å². The van der Waals surface area contributed by atoms with Crippen LogP contribution in [0, 0.1) is 0 Å². The number of hydrogen-bond acceptors (Lipinski definition) is 7. The third-order valence-electron chi connectivity index (χ3n) is 5.74. The molecule has 190 valence electrons. The molecule has 1 aromatic heterocycles. The van der Waals surface area contributed by atoms with Gasteiger partial charge in [-0.1, -0.05) is 23.2 Å². The van der Waals surface area contributed by atoms with Crippen LogP contribution in [0.25, 0.3) is 11.0 Å². The first kappa shape index (κ1) is 24.3. The highest BCUT2D eigenvalue weighted by molar-refractivity contribution is 6.37. The van der Waals surface area contributed by atoms with Gasteiger partial charge >= 0.3 is 12.3 Å². The number of amides is 2. The van der Waals surface area contributed by atoms with Crippen LogP contribution < -0.4 is 25.6 Å². The number of imidazole rings is 1. The summed E-state index contributed by atoms with van der Waals surface area (Å²) >= 11 is 12.6. The molecule has 1 aliphatic heterocycles. The molecule has 1 atom stereocenters. The van der Waals surface area contributed by atoms with Crippen LogP contribution in [0.4, 0.5) is 23.7 Å². The molecule has 3 N–H and O–H groups in total. The molecular formula is C21H16Cl2F3N5O5. The Hall–Kier alpha value is -3.42. The van der Waals surface area contributed by atoms with E-state index in [1.807, 2.05) is 0 Å². The zero-order valence-electron chi connectivity index (χ0n) is 18.2. The number of benzene rings is 2. The lowest BCUT2D eigenvalue weighted by molar-refractivity contribution is -0.179. The van der Waals surface area contributed by atoms with E-state index < -0.39 is 29.9 Å². The molecule has 2 heterocycles. The van der Waals surface area contributed by atoms with Crippen molar-refractivity contribution in [3.05, 3.63) is 40.4 Å². The van der Waals surface area contributed by atoms with Crippen LogP contribution in [0.1, 0.15) is 12.8 Å². The van der Waals surface area contributed by atoms with Crippen LogP contribution in [-0.2, 0) is 15.2 Å². The van der Waals surface area contributed by atoms with Gasteiger partial charge in [0, 0.05) is 11.8 Å². The summed E-state index contributed by atoms with van der Waals surface area (Å²) in [5.41, 5.74) is 0.763. The van der Waals surface area contributed by atoms with E-state index in [9.17, 15) is 22.8 Å². The summed E-state index contributed by atoms with van der Waals surface area (Å²) in [5, 5.41) is 4.76. The van der Waals surface area contributed by atoms with Crippen molar-refractivity contribution in [1.29, 1.82) is 0 Å². The van der Waals surface area contributed by atoms with E-state index in [1.54, 1.807) is 0 Å². The average Bonchev–Trinajstić information content (AvgIpc) is 3.37. The normalized spacial score (nSPS) is 18.5. The lowest BCUT2D eigenvalue weighted by Gasteiger charge is -2.23. The Morgan fingerprint density at radius 1 is 1.25 bits per heavy atom. The van der Waals surface area contributed by atoms with Gasteiger partial charge in [0.05, 0.1) is 28.2 Å². The standard InChI is InChI=1S/C21H16Cl2F3N5O5/c1-34-18-28-13-3-2-10(8-14(13)31(18)20(4-5-20)21(24,25)26)35-15-11(22)6-9(7-12(15)23)27-17(32)16-29-19(33)36-30-16/h2-3,6-8,16,30H,4-5H2,1H3,(H,27,32)(H,29,33). The van der Waals surface area contributed by atoms with Crippen molar-refractivity contribution < 1.29 is 37.1 Å². The molecule has 10 nitrogen and oxygen atoms in total. The molecule has 0 radical (unpaired) electrons. The Kier molecular flexibility index (Phi) is 5.80. The van der Waals surface area contributed by atoms with Gasteiger partial charge in [-0.15, -0.1) is 5.48 Å². The monoisotopic (exact) mass is 545 g/mol. The number of fused-ring (bicyclic) bond motifs is 1. The van der Waals surface area contributed by atoms with Gasteiger partial charge in [0.1, 0.15) is 11.3 Å². The molecule has 2 amide bonds. The van der Waals surface area contributed by atoms with E-state index in [-0.39, 0.29) is 51.6 Å². The number of anilines is 1. The summed E-state index contributed by atoms with van der Waals surface area (Å²) in [5.74, 6) is -0.478. The Balaban J connectivity index is 1.43. The van der Waals surface area contributed by atoms with Gasteiger partial charge in [0.25, 0.3) is 11.9 Å². The maximum absolute atomic E-state index is 13.9. The van der Waals surface area contributed by atoms with Gasteiger partial charge in [0.15, 0.2) is 11.9 Å². The van der Waals surface area contributed by atoms with Crippen LogP contribution in [-0.4, -0.2) is 41.0 Å². The van der Waals surface area contributed by atoms with E-state index >= 15 is 0 Å². The predicted octanol–water partition coefficient (Wildman–Crippen LogP) is 4.70. The molecule has 0 spiro atoms. The number of nitrogens with zero attached hydrogens (tertiary/aromatic N) is 2. The van der Waals surface area contributed by atoms with Gasteiger partial charge in [-0.3, -0.25) is 14.7 Å². The van der Waals surface area contributed by atoms with E-state index in [0.717, 1.165) is 4.57 Å². The summed E-state index contributed by atoms with van der Waals surface area (Å²) in [7, 11) is 1.26. The van der Waals surface area contributed by atoms with Gasteiger partial charge in [0.2, 0.25) is 0 Å². The number of ether oxygens (including phenoxy) is 2. The Bertz CT molecular complexity index is 1370. The lowest BCUT2D eigenvalue weighted by Crippen LogP contribution is -2.43. The molecule has 2 aliphatic rings. The average molecular weight is 546 g/mol. The number of carbonyl (C=O) groups excluding carboxylic acids is 2. The number of methoxy groups -OCH3 is 1. The number of halogens is 5. The highest BCUT2D eigenvalue weighted by Crippen LogP contribution is 2.58. The first-order chi connectivity index (χ1) is 17.0. The number of hydroxylamine groups is 1. The van der Waals surface area contributed by atoms with Crippen molar-refractivity contribution in [2.75, 3.05) is 12.4 Å². The highest BCUT2D eigenvalue weighted by Gasteiger charge is 2.66. The largest absolute Gasteiger partial charge is 0.468 e. The van der Waals surface area contributed by atoms with Crippen molar-refractivity contribution in [3.8, 4) is 17.5 Å². The number of nitrogens with one attached hydrogen (secondary N) is 3. The fourth-order valence-corrected chi connectivity index (χ4v) is 4.43. The van der Waals surface area contributed by atoms with Crippen LogP contribution in [0.15, 0.2) is 30.3 Å². The Morgan fingerprint density at radius 2 is 1.94 bits per heavy atom. The van der Waals surface area contributed by atoms with Crippen molar-refractivity contribution in [2.45, 2.75) is 30.7 Å². The first-order valence-electron chi connectivity index (χ1n) is 10.4. The molecule has 5 rings (SSSR count). The van der Waals surface area contributed by atoms with Crippen LogP contribution in [0.5, 0.6) is 17.5 Å². The molecule has 1 aliphatic carbocycles. The van der Waals surface area contributed by atoms with Gasteiger partial charge in [-0.25, -0.2) is 4.79 Å². The molecule has 0 bridgehead atoms. The second kappa shape index (κ2) is 8.61. The van der Waals surface area contributed by atoms with Crippen LogP contribution >= 0.6 is 23.2 Å². The van der Waals surface area contributed by atoms with E-state index in [2.05, 4.69) is 25.9 Å². The summed E-state index contributed by atoms with van der Waals surface area (Å²) in [4.78, 5) is 31.9. The minimum Gasteiger partial charge on any atom is -0.468 e. The van der Waals surface area contributed by atoms with E-state index in [4.69, 9.17) is 32.7 Å². The molecule has 1 unspecified atom stereocenters. The summed E-state index contributed by atoms with van der Waals surface area (Å²) in [6, 6.07) is 6.94. The molecule has 3 aromatic rings. The summed E-state index contributed by atoms with van der Waals surface area (Å²) < 4.78 is 53.6. The Morgan fingerprint density at radius 3 is 2.50 bits per heavy atom. The third kappa shape index (κ3) is 4.12. The van der Waals surface area contributed by atoms with Gasteiger partial charge < -0.3 is 19.6 Å². The fourth-order valence-electron chi connectivity index (χ4n) is 3.87. The molecule has 2 fully saturated rings. The zero-order chi connectivity index (χ0) is 25.8. The van der Waals surface area contributed by atoms with Crippen LogP contribution in [0.2, 0.25) is 10.0 Å². The second-order valence-electron chi connectivity index (χ2n) is 8.06. The number of rotatable bonds is 6. The SMILES string of the molecule is COc1nc2ccc(Oc3c(Cl)cc(NC(=O)C4NOC(=O)N4)cc3Cl)cc2n1C1(C(F)(F)F)CC1. The van der Waals surface area contributed by atoms with Crippen molar-refractivity contribution in [2.24, 2.45) is 0 Å². The molecule has 1 saturated carbocycles.